The van der Waals surface area contributed by atoms with E-state index in [0.29, 0.717) is 4.34 Å². The van der Waals surface area contributed by atoms with Crippen molar-refractivity contribution in [2.75, 3.05) is 5.43 Å². The average molecular weight is 294 g/mol. The Balaban J connectivity index is 2.35. The van der Waals surface area contributed by atoms with Crippen molar-refractivity contribution in [2.45, 2.75) is 15.5 Å². The number of hydrogen-bond acceptors (Lipinski definition) is 8. The molecule has 0 amide bonds. The van der Waals surface area contributed by atoms with E-state index in [4.69, 9.17) is 5.84 Å². The van der Waals surface area contributed by atoms with Crippen LogP contribution in [-0.4, -0.2) is 19.3 Å². The van der Waals surface area contributed by atoms with E-state index in [-0.39, 0.29) is 10.8 Å². The summed E-state index contributed by atoms with van der Waals surface area (Å²) < 4.78 is 41.8. The predicted octanol–water partition coefficient (Wildman–Crippen LogP) is 1.78. The number of nitrogen functional groups attached to an aromatic ring is 1. The maximum Gasteiger partial charge on any atom is 0.451 e. The van der Waals surface area contributed by atoms with Gasteiger partial charge in [0.1, 0.15) is 17.2 Å². The second-order valence-corrected chi connectivity index (χ2v) is 4.91. The maximum absolute atomic E-state index is 12.5. The van der Waals surface area contributed by atoms with E-state index >= 15 is 0 Å². The Bertz CT molecular complexity index is 528. The van der Waals surface area contributed by atoms with Crippen LogP contribution in [0, 0.1) is 0 Å². The molecule has 0 saturated carbocycles. The van der Waals surface area contributed by atoms with Gasteiger partial charge in [-0.15, -0.1) is 0 Å². The molecule has 0 fully saturated rings. The molecule has 0 saturated heterocycles. The smallest absolute Gasteiger partial charge is 0.308 e. The highest BCUT2D eigenvalue weighted by atomic mass is 32.2. The van der Waals surface area contributed by atoms with Crippen LogP contribution in [-0.2, 0) is 6.18 Å². The van der Waals surface area contributed by atoms with Crippen molar-refractivity contribution in [3.8, 4) is 0 Å². The summed E-state index contributed by atoms with van der Waals surface area (Å²) in [4.78, 5) is 10.5. The number of anilines is 1. The Morgan fingerprint density at radius 1 is 1.33 bits per heavy atom. The first-order valence-electron chi connectivity index (χ1n) is 4.36. The van der Waals surface area contributed by atoms with E-state index < -0.39 is 12.0 Å². The standard InChI is InChI=1S/C7H5F3N6S2/c8-7(9,10)5-14-3(16-11)1-4(15-5)17-6-12-2-13-18-6/h1-2H,11H2,(H,14,15,16). The van der Waals surface area contributed by atoms with Crippen molar-refractivity contribution in [1.82, 2.24) is 19.3 Å². The fourth-order valence-electron chi connectivity index (χ4n) is 0.975. The lowest BCUT2D eigenvalue weighted by Gasteiger charge is -2.08. The number of nitrogens with zero attached hydrogens (tertiary/aromatic N) is 4. The van der Waals surface area contributed by atoms with Crippen LogP contribution in [0.5, 0.6) is 0 Å². The summed E-state index contributed by atoms with van der Waals surface area (Å²) in [6.07, 6.45) is -3.33. The minimum Gasteiger partial charge on any atom is -0.308 e. The number of nitrogens with one attached hydrogen (secondary N) is 1. The van der Waals surface area contributed by atoms with E-state index in [0.717, 1.165) is 23.3 Å². The molecule has 3 N–H and O–H groups in total. The van der Waals surface area contributed by atoms with Crippen LogP contribution < -0.4 is 11.3 Å². The fourth-order valence-corrected chi connectivity index (χ4v) is 2.37. The van der Waals surface area contributed by atoms with E-state index in [1.165, 1.54) is 12.4 Å². The minimum absolute atomic E-state index is 0.0852. The second-order valence-electron chi connectivity index (χ2n) is 2.87. The molecular weight excluding hydrogens is 289 g/mol. The van der Waals surface area contributed by atoms with E-state index in [9.17, 15) is 13.2 Å². The van der Waals surface area contributed by atoms with Gasteiger partial charge in [-0.05, 0) is 23.3 Å². The summed E-state index contributed by atoms with van der Waals surface area (Å²) in [5.41, 5.74) is 2.06. The molecule has 2 aromatic heterocycles. The quantitative estimate of drug-likeness (QED) is 0.506. The van der Waals surface area contributed by atoms with Gasteiger partial charge in [-0.3, -0.25) is 0 Å². The van der Waals surface area contributed by atoms with Gasteiger partial charge in [0.25, 0.3) is 0 Å². The number of hydrogen-bond donors (Lipinski definition) is 2. The first-order chi connectivity index (χ1) is 8.49. The third-order valence-electron chi connectivity index (χ3n) is 1.64. The highest BCUT2D eigenvalue weighted by Gasteiger charge is 2.35. The molecule has 11 heteroatoms. The van der Waals surface area contributed by atoms with E-state index in [1.54, 1.807) is 0 Å². The molecule has 0 aromatic carbocycles. The molecule has 0 aliphatic heterocycles. The van der Waals surface area contributed by atoms with Crippen LogP contribution in [0.15, 0.2) is 21.8 Å². The van der Waals surface area contributed by atoms with Crippen molar-refractivity contribution in [2.24, 2.45) is 5.84 Å². The van der Waals surface area contributed by atoms with Crippen LogP contribution in [0.2, 0.25) is 0 Å². The molecule has 0 radical (unpaired) electrons. The summed E-state index contributed by atoms with van der Waals surface area (Å²) >= 11 is 2.01. The zero-order chi connectivity index (χ0) is 13.2. The topological polar surface area (TPSA) is 89.6 Å². The summed E-state index contributed by atoms with van der Waals surface area (Å²) in [6.45, 7) is 0. The number of halogens is 3. The Hall–Kier alpha value is -1.46. The Kier molecular flexibility index (Phi) is 3.63. The lowest BCUT2D eigenvalue weighted by molar-refractivity contribution is -0.145. The number of rotatable bonds is 3. The SMILES string of the molecule is NNc1cc(Sc2ncns2)nc(C(F)(F)F)n1. The van der Waals surface area contributed by atoms with Crippen molar-refractivity contribution < 1.29 is 13.2 Å². The zero-order valence-electron chi connectivity index (χ0n) is 8.47. The molecule has 2 aromatic rings. The van der Waals surface area contributed by atoms with Gasteiger partial charge in [-0.1, -0.05) is 0 Å². The van der Waals surface area contributed by atoms with Gasteiger partial charge in [0.15, 0.2) is 4.34 Å². The second kappa shape index (κ2) is 5.04. The number of hydrazine groups is 1. The molecule has 2 rings (SSSR count). The first kappa shape index (κ1) is 13.0. The normalized spacial score (nSPS) is 11.6. The van der Waals surface area contributed by atoms with Gasteiger partial charge in [-0.2, -0.15) is 17.5 Å². The largest absolute Gasteiger partial charge is 0.451 e. The Morgan fingerprint density at radius 2 is 2.11 bits per heavy atom. The van der Waals surface area contributed by atoms with E-state index in [2.05, 4.69) is 24.8 Å². The van der Waals surface area contributed by atoms with Crippen molar-refractivity contribution in [1.29, 1.82) is 0 Å². The molecule has 6 nitrogen and oxygen atoms in total. The first-order valence-corrected chi connectivity index (χ1v) is 5.95. The Morgan fingerprint density at radius 3 is 2.67 bits per heavy atom. The summed E-state index contributed by atoms with van der Waals surface area (Å²) in [5.74, 6) is 3.68. The lowest BCUT2D eigenvalue weighted by atomic mass is 10.5. The van der Waals surface area contributed by atoms with Crippen LogP contribution in [0.3, 0.4) is 0 Å². The van der Waals surface area contributed by atoms with Gasteiger partial charge >= 0.3 is 6.18 Å². The third kappa shape index (κ3) is 3.05. The van der Waals surface area contributed by atoms with Crippen LogP contribution in [0.25, 0.3) is 0 Å². The molecule has 0 unspecified atom stereocenters. The molecule has 18 heavy (non-hydrogen) atoms. The number of nitrogens with two attached hydrogens (primary N) is 1. The van der Waals surface area contributed by atoms with Gasteiger partial charge in [0, 0.05) is 6.07 Å². The highest BCUT2D eigenvalue weighted by Crippen LogP contribution is 2.32. The molecular formula is C7H5F3N6S2. The molecule has 0 aliphatic rings. The fraction of sp³-hybridized carbons (Fsp3) is 0.143. The highest BCUT2D eigenvalue weighted by molar-refractivity contribution is 8.00. The van der Waals surface area contributed by atoms with Crippen molar-refractivity contribution >= 4 is 29.1 Å². The predicted molar refractivity (Wildman–Crippen MR) is 58.9 cm³/mol. The Labute approximate surface area is 107 Å². The molecule has 2 heterocycles. The molecule has 0 aliphatic carbocycles. The van der Waals surface area contributed by atoms with Crippen LogP contribution >= 0.6 is 23.3 Å². The number of alkyl halides is 3. The van der Waals surface area contributed by atoms with Crippen molar-refractivity contribution in [3.05, 3.63) is 18.2 Å². The van der Waals surface area contributed by atoms with Crippen LogP contribution in [0.4, 0.5) is 19.0 Å². The van der Waals surface area contributed by atoms with Crippen molar-refractivity contribution in [3.63, 3.8) is 0 Å². The van der Waals surface area contributed by atoms with Gasteiger partial charge in [0.2, 0.25) is 5.82 Å². The van der Waals surface area contributed by atoms with Gasteiger partial charge in [0.05, 0.1) is 0 Å². The van der Waals surface area contributed by atoms with Crippen LogP contribution in [0.1, 0.15) is 5.82 Å². The van der Waals surface area contributed by atoms with E-state index in [1.807, 2.05) is 0 Å². The summed E-state index contributed by atoms with van der Waals surface area (Å²) in [7, 11) is 0. The lowest BCUT2D eigenvalue weighted by Crippen LogP contribution is -2.16. The van der Waals surface area contributed by atoms with Gasteiger partial charge < -0.3 is 5.43 Å². The zero-order valence-corrected chi connectivity index (χ0v) is 10.1. The monoisotopic (exact) mass is 294 g/mol. The third-order valence-corrected chi connectivity index (χ3v) is 3.27. The van der Waals surface area contributed by atoms with Gasteiger partial charge in [-0.25, -0.2) is 20.8 Å². The maximum atomic E-state index is 12.5. The molecule has 0 spiro atoms. The average Bonchev–Trinajstić information content (AvgIpc) is 2.80. The number of aromatic nitrogens is 4. The summed E-state index contributed by atoms with van der Waals surface area (Å²) in [6, 6.07) is 1.29. The molecule has 0 bridgehead atoms. The summed E-state index contributed by atoms with van der Waals surface area (Å²) in [5, 5.41) is 0.0852. The minimum atomic E-state index is -4.64. The molecule has 96 valence electrons. The molecule has 0 atom stereocenters.